The van der Waals surface area contributed by atoms with Crippen LogP contribution in [0.15, 0.2) is 12.1 Å². The van der Waals surface area contributed by atoms with Gasteiger partial charge in [-0.1, -0.05) is 19.9 Å². The minimum atomic E-state index is -1.38. The third-order valence-corrected chi connectivity index (χ3v) is 4.09. The molecule has 0 bridgehead atoms. The van der Waals surface area contributed by atoms with Gasteiger partial charge in [0.05, 0.1) is 0 Å². The maximum absolute atomic E-state index is 9.22. The fourth-order valence-electron chi connectivity index (χ4n) is 1.95. The molecule has 0 fully saturated rings. The summed E-state index contributed by atoms with van der Waals surface area (Å²) in [7, 11) is 0. The van der Waals surface area contributed by atoms with Crippen molar-refractivity contribution in [3.8, 4) is 0 Å². The Kier molecular flexibility index (Phi) is 4.69. The summed E-state index contributed by atoms with van der Waals surface area (Å²) in [4.78, 5) is 1.29. The molecule has 0 amide bonds. The molecule has 0 unspecified atom stereocenters. The van der Waals surface area contributed by atoms with E-state index in [1.807, 2.05) is 26.8 Å². The van der Waals surface area contributed by atoms with Crippen LogP contribution in [0.2, 0.25) is 0 Å². The smallest absolute Gasteiger partial charge is 0.178 e. The van der Waals surface area contributed by atoms with E-state index >= 15 is 0 Å². The average molecular weight is 252 g/mol. The molecule has 0 spiro atoms. The monoisotopic (exact) mass is 252 g/mol. The number of fused-ring (bicyclic) bond motifs is 1. The summed E-state index contributed by atoms with van der Waals surface area (Å²) in [5.41, 5.74) is 2.82. The summed E-state index contributed by atoms with van der Waals surface area (Å²) in [6.07, 6.45) is -1.38. The Hall–Kier alpha value is -0.900. The van der Waals surface area contributed by atoms with Crippen LogP contribution in [0.3, 0.4) is 0 Å². The lowest BCUT2D eigenvalue weighted by atomic mass is 10.0. The second-order valence-electron chi connectivity index (χ2n) is 3.81. The molecule has 2 nitrogen and oxygen atoms in total. The lowest BCUT2D eigenvalue weighted by molar-refractivity contribution is -0.0428. The van der Waals surface area contributed by atoms with E-state index in [2.05, 4.69) is 13.8 Å². The van der Waals surface area contributed by atoms with Crippen molar-refractivity contribution in [1.82, 2.24) is 0 Å². The number of aliphatic hydroxyl groups is 2. The number of aliphatic hydroxyl groups excluding tert-OH is 1. The van der Waals surface area contributed by atoms with E-state index in [1.54, 1.807) is 17.4 Å². The predicted molar refractivity (Wildman–Crippen MR) is 74.6 cm³/mol. The molecular weight excluding hydrogens is 232 g/mol. The highest BCUT2D eigenvalue weighted by molar-refractivity contribution is 7.19. The van der Waals surface area contributed by atoms with Crippen LogP contribution in [-0.2, 0) is 0 Å². The van der Waals surface area contributed by atoms with E-state index in [1.165, 1.54) is 20.5 Å². The van der Waals surface area contributed by atoms with Gasteiger partial charge in [0.25, 0.3) is 0 Å². The van der Waals surface area contributed by atoms with Crippen LogP contribution < -0.4 is 0 Å². The maximum Gasteiger partial charge on any atom is 0.178 e. The molecule has 94 valence electrons. The second-order valence-corrected chi connectivity index (χ2v) is 5.07. The van der Waals surface area contributed by atoms with Gasteiger partial charge >= 0.3 is 0 Å². The Morgan fingerprint density at radius 3 is 2.12 bits per heavy atom. The van der Waals surface area contributed by atoms with Crippen LogP contribution in [0.4, 0.5) is 0 Å². The summed E-state index contributed by atoms with van der Waals surface area (Å²) in [6, 6.07) is 3.75. The lowest BCUT2D eigenvalue weighted by Crippen LogP contribution is -1.98. The molecule has 0 radical (unpaired) electrons. The Morgan fingerprint density at radius 2 is 1.59 bits per heavy atom. The number of rotatable bonds is 1. The minimum absolute atomic E-state index is 0.600. The van der Waals surface area contributed by atoms with Gasteiger partial charge in [-0.15, -0.1) is 11.3 Å². The van der Waals surface area contributed by atoms with E-state index < -0.39 is 6.29 Å². The van der Waals surface area contributed by atoms with Gasteiger partial charge < -0.3 is 10.2 Å². The molecule has 2 N–H and O–H groups in total. The van der Waals surface area contributed by atoms with Crippen LogP contribution in [0.25, 0.3) is 10.1 Å². The molecule has 2 rings (SSSR count). The molecule has 1 aromatic heterocycles. The molecule has 0 aliphatic heterocycles. The van der Waals surface area contributed by atoms with E-state index in [4.69, 9.17) is 0 Å². The molecule has 0 saturated carbocycles. The van der Waals surface area contributed by atoms with Crippen molar-refractivity contribution in [3.63, 3.8) is 0 Å². The van der Waals surface area contributed by atoms with Crippen molar-refractivity contribution in [2.24, 2.45) is 0 Å². The highest BCUT2D eigenvalue weighted by atomic mass is 32.1. The first-order valence-electron chi connectivity index (χ1n) is 5.87. The highest BCUT2D eigenvalue weighted by Gasteiger charge is 2.13. The molecule has 17 heavy (non-hydrogen) atoms. The Labute approximate surface area is 107 Å². The standard InChI is InChI=1S/C12H14O2S.C2H6/c1-6-8(3)15-10-5-4-9(12(13)14)7(2)11(6)10;1-2/h4-5,12-14H,1-3H3;1-2H3. The van der Waals surface area contributed by atoms with E-state index in [-0.39, 0.29) is 0 Å². The molecule has 3 heteroatoms. The minimum Gasteiger partial charge on any atom is -0.364 e. The fraction of sp³-hybridized carbons (Fsp3) is 0.429. The zero-order chi connectivity index (χ0) is 13.2. The summed E-state index contributed by atoms with van der Waals surface area (Å²) in [6.45, 7) is 10.1. The normalized spacial score (nSPS) is 10.6. The molecule has 2 aromatic rings. The fourth-order valence-corrected chi connectivity index (χ4v) is 3.08. The van der Waals surface area contributed by atoms with E-state index in [9.17, 15) is 10.2 Å². The maximum atomic E-state index is 9.22. The largest absolute Gasteiger partial charge is 0.364 e. The van der Waals surface area contributed by atoms with Gasteiger partial charge in [-0.3, -0.25) is 0 Å². The quantitative estimate of drug-likeness (QED) is 0.757. The molecule has 0 saturated heterocycles. The Balaban J connectivity index is 0.000000686. The predicted octanol–water partition coefficient (Wildman–Crippen LogP) is 3.84. The zero-order valence-electron chi connectivity index (χ0n) is 11.0. The lowest BCUT2D eigenvalue weighted by Gasteiger charge is -2.09. The topological polar surface area (TPSA) is 40.5 Å². The van der Waals surface area contributed by atoms with Gasteiger partial charge in [0, 0.05) is 15.1 Å². The Morgan fingerprint density at radius 1 is 1.00 bits per heavy atom. The average Bonchev–Trinajstić information content (AvgIpc) is 2.58. The molecular formula is C14H20O2S. The number of aryl methyl sites for hydroxylation is 3. The van der Waals surface area contributed by atoms with Gasteiger partial charge in [-0.05, 0) is 43.4 Å². The number of thiophene rings is 1. The van der Waals surface area contributed by atoms with Crippen LogP contribution in [-0.4, -0.2) is 10.2 Å². The van der Waals surface area contributed by atoms with Gasteiger partial charge in [0.15, 0.2) is 6.29 Å². The van der Waals surface area contributed by atoms with Gasteiger partial charge in [-0.2, -0.15) is 0 Å². The molecule has 0 atom stereocenters. The first-order chi connectivity index (χ1) is 8.02. The first kappa shape index (κ1) is 14.2. The van der Waals surface area contributed by atoms with Gasteiger partial charge in [-0.25, -0.2) is 0 Å². The second kappa shape index (κ2) is 5.63. The van der Waals surface area contributed by atoms with Crippen molar-refractivity contribution >= 4 is 21.4 Å². The van der Waals surface area contributed by atoms with Crippen molar-refractivity contribution in [1.29, 1.82) is 0 Å². The van der Waals surface area contributed by atoms with Gasteiger partial charge in [0.2, 0.25) is 0 Å². The zero-order valence-corrected chi connectivity index (χ0v) is 11.9. The molecule has 0 aliphatic rings. The summed E-state index contributed by atoms with van der Waals surface area (Å²) < 4.78 is 1.21. The SMILES string of the molecule is CC.Cc1sc2ccc(C(O)O)c(C)c2c1C. The number of hydrogen-bond acceptors (Lipinski definition) is 3. The van der Waals surface area contributed by atoms with Gasteiger partial charge in [0.1, 0.15) is 0 Å². The Bertz CT molecular complexity index is 512. The summed E-state index contributed by atoms with van der Waals surface area (Å²) >= 11 is 1.75. The summed E-state index contributed by atoms with van der Waals surface area (Å²) in [5, 5.41) is 19.6. The number of hydrogen-bond donors (Lipinski definition) is 2. The summed E-state index contributed by atoms with van der Waals surface area (Å²) in [5.74, 6) is 0. The van der Waals surface area contributed by atoms with Crippen LogP contribution in [0.5, 0.6) is 0 Å². The van der Waals surface area contributed by atoms with Crippen LogP contribution in [0, 0.1) is 20.8 Å². The first-order valence-corrected chi connectivity index (χ1v) is 6.69. The third-order valence-electron chi connectivity index (χ3n) is 2.91. The van der Waals surface area contributed by atoms with Crippen molar-refractivity contribution in [3.05, 3.63) is 33.7 Å². The van der Waals surface area contributed by atoms with Crippen LogP contribution >= 0.6 is 11.3 Å². The molecule has 1 aromatic carbocycles. The molecule has 0 aliphatic carbocycles. The van der Waals surface area contributed by atoms with Crippen LogP contribution in [0.1, 0.15) is 41.7 Å². The van der Waals surface area contributed by atoms with Crippen molar-refractivity contribution in [2.45, 2.75) is 40.9 Å². The van der Waals surface area contributed by atoms with E-state index in [0.29, 0.717) is 5.56 Å². The molecule has 1 heterocycles. The highest BCUT2D eigenvalue weighted by Crippen LogP contribution is 2.35. The van der Waals surface area contributed by atoms with Crippen molar-refractivity contribution < 1.29 is 10.2 Å². The third kappa shape index (κ3) is 2.51. The van der Waals surface area contributed by atoms with Crippen molar-refractivity contribution in [2.75, 3.05) is 0 Å². The van der Waals surface area contributed by atoms with E-state index in [0.717, 1.165) is 5.56 Å². The number of benzene rings is 1.